The van der Waals surface area contributed by atoms with Crippen LogP contribution in [0.2, 0.25) is 0 Å². The summed E-state index contributed by atoms with van der Waals surface area (Å²) in [5.41, 5.74) is 3.57. The number of hydrogen-bond acceptors (Lipinski definition) is 8. The van der Waals surface area contributed by atoms with Gasteiger partial charge < -0.3 is 25.4 Å². The predicted molar refractivity (Wildman–Crippen MR) is 168 cm³/mol. The van der Waals surface area contributed by atoms with Crippen molar-refractivity contribution in [3.63, 3.8) is 0 Å². The molecule has 3 N–H and O–H groups in total. The van der Waals surface area contributed by atoms with E-state index in [1.807, 2.05) is 62.5 Å². The van der Waals surface area contributed by atoms with E-state index in [2.05, 4.69) is 20.6 Å². The van der Waals surface area contributed by atoms with Crippen LogP contribution in [-0.2, 0) is 19.5 Å². The van der Waals surface area contributed by atoms with Gasteiger partial charge in [-0.15, -0.1) is 11.3 Å². The molecule has 10 heteroatoms. The zero-order chi connectivity index (χ0) is 30.8. The summed E-state index contributed by atoms with van der Waals surface area (Å²) in [5, 5.41) is 20.3. The molecule has 0 aliphatic rings. The van der Waals surface area contributed by atoms with Crippen LogP contribution < -0.4 is 15.4 Å². The van der Waals surface area contributed by atoms with E-state index < -0.39 is 12.1 Å². The lowest BCUT2D eigenvalue weighted by Gasteiger charge is -2.25. The fourth-order valence-corrected chi connectivity index (χ4v) is 5.39. The van der Waals surface area contributed by atoms with E-state index in [0.29, 0.717) is 36.4 Å². The number of aliphatic hydroxyl groups is 1. The van der Waals surface area contributed by atoms with Gasteiger partial charge in [0, 0.05) is 48.5 Å². The Hall–Kier alpha value is -4.12. The van der Waals surface area contributed by atoms with Gasteiger partial charge in [-0.05, 0) is 62.6 Å². The highest BCUT2D eigenvalue weighted by atomic mass is 32.1. The second-order valence-electron chi connectivity index (χ2n) is 10.8. The zero-order valence-electron chi connectivity index (χ0n) is 25.0. The number of nitrogens with zero attached hydrogens (tertiary/aromatic N) is 3. The number of benzene rings is 2. The normalized spacial score (nSPS) is 12.5. The van der Waals surface area contributed by atoms with Gasteiger partial charge in [-0.2, -0.15) is 0 Å². The van der Waals surface area contributed by atoms with E-state index in [1.54, 1.807) is 48.6 Å². The van der Waals surface area contributed by atoms with Crippen molar-refractivity contribution in [3.05, 3.63) is 111 Å². The Labute approximate surface area is 257 Å². The van der Waals surface area contributed by atoms with Crippen LogP contribution in [0.4, 0.5) is 0 Å². The second kappa shape index (κ2) is 15.4. The number of carbonyl (C=O) groups excluding carboxylic acids is 2. The minimum absolute atomic E-state index is 0.0433. The molecule has 2 amide bonds. The summed E-state index contributed by atoms with van der Waals surface area (Å²) < 4.78 is 5.72. The van der Waals surface area contributed by atoms with Crippen molar-refractivity contribution in [1.29, 1.82) is 0 Å². The topological polar surface area (TPSA) is 117 Å². The molecule has 0 fully saturated rings. The summed E-state index contributed by atoms with van der Waals surface area (Å²) in [7, 11) is 1.72. The maximum Gasteiger partial charge on any atom is 0.253 e. The quantitative estimate of drug-likeness (QED) is 0.196. The Balaban J connectivity index is 1.41. The molecule has 0 radical (unpaired) electrons. The molecule has 2 heterocycles. The average molecular weight is 602 g/mol. The van der Waals surface area contributed by atoms with E-state index in [-0.39, 0.29) is 24.5 Å². The van der Waals surface area contributed by atoms with E-state index >= 15 is 0 Å². The summed E-state index contributed by atoms with van der Waals surface area (Å²) in [6, 6.07) is 17.7. The Bertz CT molecular complexity index is 1490. The number of ether oxygens (including phenoxy) is 1. The molecule has 43 heavy (non-hydrogen) atoms. The lowest BCUT2D eigenvalue weighted by Crippen LogP contribution is -2.48. The molecular formula is C33H39N5O4S. The molecule has 2 unspecified atom stereocenters. The molecule has 2 aromatic carbocycles. The van der Waals surface area contributed by atoms with E-state index in [9.17, 15) is 14.7 Å². The van der Waals surface area contributed by atoms with Crippen LogP contribution in [0.25, 0.3) is 0 Å². The van der Waals surface area contributed by atoms with Gasteiger partial charge in [0.2, 0.25) is 0 Å². The molecule has 0 aliphatic heterocycles. The third-order valence-electron chi connectivity index (χ3n) is 6.66. The number of pyridine rings is 1. The summed E-state index contributed by atoms with van der Waals surface area (Å²) in [6.45, 7) is 6.94. The lowest BCUT2D eigenvalue weighted by molar-refractivity contribution is 0.0784. The minimum atomic E-state index is -0.884. The maximum atomic E-state index is 13.4. The molecule has 9 nitrogen and oxygen atoms in total. The molecule has 226 valence electrons. The number of thiazole rings is 1. The molecule has 0 saturated carbocycles. The Morgan fingerprint density at radius 2 is 1.79 bits per heavy atom. The smallest absolute Gasteiger partial charge is 0.253 e. The number of amides is 2. The third-order valence-corrected chi connectivity index (χ3v) is 7.61. The van der Waals surface area contributed by atoms with Crippen LogP contribution in [0.1, 0.15) is 56.4 Å². The van der Waals surface area contributed by atoms with Gasteiger partial charge in [0.25, 0.3) is 11.8 Å². The highest BCUT2D eigenvalue weighted by Crippen LogP contribution is 2.16. The first-order valence-electron chi connectivity index (χ1n) is 14.3. The molecular weight excluding hydrogens is 562 g/mol. The van der Waals surface area contributed by atoms with E-state index in [1.165, 1.54) is 11.3 Å². The van der Waals surface area contributed by atoms with Gasteiger partial charge in [-0.1, -0.05) is 36.4 Å². The van der Waals surface area contributed by atoms with Gasteiger partial charge >= 0.3 is 0 Å². The SMILES string of the molecule is Cc1csc(CN(C)C(=O)c2cccc(C(=O)NC(Cc3ccccc3)C(O)CNCc3cncc(OC(C)C)c3)c2)n1. The Morgan fingerprint density at radius 3 is 2.51 bits per heavy atom. The molecule has 0 spiro atoms. The van der Waals surface area contributed by atoms with Crippen molar-refractivity contribution in [2.24, 2.45) is 0 Å². The average Bonchev–Trinajstić information content (AvgIpc) is 3.40. The first-order chi connectivity index (χ1) is 20.7. The number of nitrogens with one attached hydrogen (secondary N) is 2. The fourth-order valence-electron chi connectivity index (χ4n) is 4.57. The molecule has 2 aromatic heterocycles. The Morgan fingerprint density at radius 1 is 1.02 bits per heavy atom. The molecule has 0 saturated heterocycles. The van der Waals surface area contributed by atoms with Crippen molar-refractivity contribution in [2.75, 3.05) is 13.6 Å². The number of aromatic nitrogens is 2. The Kier molecular flexibility index (Phi) is 11.4. The van der Waals surface area contributed by atoms with Crippen LogP contribution in [0.5, 0.6) is 5.75 Å². The number of aliphatic hydroxyl groups excluding tert-OH is 1. The van der Waals surface area contributed by atoms with Gasteiger partial charge in [0.1, 0.15) is 10.8 Å². The van der Waals surface area contributed by atoms with Crippen LogP contribution >= 0.6 is 11.3 Å². The standard InChI is InChI=1S/C33H39N5O4S/c1-22(2)42-28-13-25(16-34-18-28)17-35-19-30(39)29(14-24-9-6-5-7-10-24)37-32(40)26-11-8-12-27(15-26)33(41)38(4)20-31-36-23(3)21-43-31/h5-13,15-16,18,21-22,29-30,35,39H,14,17,19-20H2,1-4H3,(H,37,40). The minimum Gasteiger partial charge on any atom is -0.489 e. The monoisotopic (exact) mass is 601 g/mol. The first kappa shape index (κ1) is 31.8. The molecule has 2 atom stereocenters. The van der Waals surface area contributed by atoms with Gasteiger partial charge in [0.15, 0.2) is 0 Å². The predicted octanol–water partition coefficient (Wildman–Crippen LogP) is 4.40. The molecule has 4 aromatic rings. The van der Waals surface area contributed by atoms with Gasteiger partial charge in [-0.3, -0.25) is 14.6 Å². The van der Waals surface area contributed by atoms with Crippen LogP contribution in [-0.4, -0.2) is 63.6 Å². The third kappa shape index (κ3) is 9.71. The number of aryl methyl sites for hydroxylation is 1. The summed E-state index contributed by atoms with van der Waals surface area (Å²) >= 11 is 1.51. The van der Waals surface area contributed by atoms with E-state index in [0.717, 1.165) is 21.8 Å². The molecule has 0 bridgehead atoms. The first-order valence-corrected chi connectivity index (χ1v) is 15.2. The number of rotatable bonds is 14. The zero-order valence-corrected chi connectivity index (χ0v) is 25.8. The largest absolute Gasteiger partial charge is 0.489 e. The van der Waals surface area contributed by atoms with Crippen molar-refractivity contribution < 1.29 is 19.4 Å². The summed E-state index contributed by atoms with van der Waals surface area (Å²) in [4.78, 5) is 36.8. The van der Waals surface area contributed by atoms with Crippen molar-refractivity contribution in [3.8, 4) is 5.75 Å². The highest BCUT2D eigenvalue weighted by Gasteiger charge is 2.23. The van der Waals surface area contributed by atoms with Gasteiger partial charge in [-0.25, -0.2) is 4.98 Å². The van der Waals surface area contributed by atoms with Crippen LogP contribution in [0, 0.1) is 6.92 Å². The van der Waals surface area contributed by atoms with Gasteiger partial charge in [0.05, 0.1) is 31.0 Å². The van der Waals surface area contributed by atoms with Crippen molar-refractivity contribution in [1.82, 2.24) is 25.5 Å². The second-order valence-corrected chi connectivity index (χ2v) is 11.7. The summed E-state index contributed by atoms with van der Waals surface area (Å²) in [6.07, 6.45) is 3.02. The number of hydrogen-bond donors (Lipinski definition) is 3. The van der Waals surface area contributed by atoms with E-state index in [4.69, 9.17) is 4.74 Å². The van der Waals surface area contributed by atoms with Crippen LogP contribution in [0.15, 0.2) is 78.4 Å². The van der Waals surface area contributed by atoms with Crippen LogP contribution in [0.3, 0.4) is 0 Å². The van der Waals surface area contributed by atoms with Crippen molar-refractivity contribution >= 4 is 23.2 Å². The highest BCUT2D eigenvalue weighted by molar-refractivity contribution is 7.09. The fraction of sp³-hybridized carbons (Fsp3) is 0.333. The van der Waals surface area contributed by atoms with Crippen molar-refractivity contribution in [2.45, 2.75) is 58.5 Å². The lowest BCUT2D eigenvalue weighted by atomic mass is 10.00. The number of carbonyl (C=O) groups is 2. The molecule has 4 rings (SSSR count). The summed E-state index contributed by atoms with van der Waals surface area (Å²) in [5.74, 6) is 0.120. The molecule has 0 aliphatic carbocycles. The maximum absolute atomic E-state index is 13.4.